The van der Waals surface area contributed by atoms with Crippen molar-refractivity contribution in [3.8, 4) is 5.75 Å². The molecule has 0 atom stereocenters. The summed E-state index contributed by atoms with van der Waals surface area (Å²) < 4.78 is 5.47. The van der Waals surface area contributed by atoms with Crippen molar-refractivity contribution in [2.75, 3.05) is 26.2 Å². The van der Waals surface area contributed by atoms with Crippen LogP contribution < -0.4 is 10.3 Å². The summed E-state index contributed by atoms with van der Waals surface area (Å²) in [7, 11) is 0. The van der Waals surface area contributed by atoms with E-state index >= 15 is 0 Å². The van der Waals surface area contributed by atoms with E-state index in [0.717, 1.165) is 19.6 Å². The molecule has 0 aliphatic carbocycles. The summed E-state index contributed by atoms with van der Waals surface area (Å²) in [5.41, 5.74) is -0.226. The second-order valence-corrected chi connectivity index (χ2v) is 4.03. The van der Waals surface area contributed by atoms with Gasteiger partial charge in [0.05, 0.1) is 6.20 Å². The van der Waals surface area contributed by atoms with Crippen LogP contribution >= 0.6 is 0 Å². The quantitative estimate of drug-likeness (QED) is 0.813. The maximum Gasteiger partial charge on any atom is 0.267 e. The highest BCUT2D eigenvalue weighted by atomic mass is 16.5. The molecule has 5 heteroatoms. The van der Waals surface area contributed by atoms with E-state index in [9.17, 15) is 4.79 Å². The van der Waals surface area contributed by atoms with Gasteiger partial charge in [0.2, 0.25) is 0 Å². The molecule has 5 nitrogen and oxygen atoms in total. The van der Waals surface area contributed by atoms with Crippen molar-refractivity contribution < 1.29 is 4.74 Å². The highest BCUT2D eigenvalue weighted by molar-refractivity contribution is 5.12. The standard InChI is InChI=1S/C11H17N3O2/c15-11-8-10(9-12-13-11)16-7-6-14-4-2-1-3-5-14/h8-9H,1-7H2,(H,13,15). The molecule has 1 aliphatic rings. The Morgan fingerprint density at radius 2 is 2.19 bits per heavy atom. The highest BCUT2D eigenvalue weighted by Gasteiger charge is 2.09. The number of nitrogens with zero attached hydrogens (tertiary/aromatic N) is 2. The first kappa shape index (κ1) is 11.1. The van der Waals surface area contributed by atoms with Gasteiger partial charge in [0, 0.05) is 12.6 Å². The lowest BCUT2D eigenvalue weighted by Crippen LogP contribution is -2.33. The van der Waals surface area contributed by atoms with Crippen molar-refractivity contribution in [3.05, 3.63) is 22.6 Å². The smallest absolute Gasteiger partial charge is 0.267 e. The van der Waals surface area contributed by atoms with Crippen LogP contribution in [0.4, 0.5) is 0 Å². The number of likely N-dealkylation sites (tertiary alicyclic amines) is 1. The number of ether oxygens (including phenoxy) is 1. The van der Waals surface area contributed by atoms with Crippen LogP contribution in [0.3, 0.4) is 0 Å². The van der Waals surface area contributed by atoms with Crippen LogP contribution in [0.15, 0.2) is 17.1 Å². The van der Waals surface area contributed by atoms with Gasteiger partial charge in [0.15, 0.2) is 0 Å². The van der Waals surface area contributed by atoms with Crippen LogP contribution in [-0.2, 0) is 0 Å². The molecule has 1 N–H and O–H groups in total. The molecule has 1 fully saturated rings. The normalized spacial score (nSPS) is 17.2. The minimum absolute atomic E-state index is 0.226. The van der Waals surface area contributed by atoms with Crippen molar-refractivity contribution in [3.63, 3.8) is 0 Å². The van der Waals surface area contributed by atoms with Crippen LogP contribution in [0.5, 0.6) is 5.75 Å². The fourth-order valence-electron chi connectivity index (χ4n) is 1.91. The fourth-order valence-corrected chi connectivity index (χ4v) is 1.91. The first-order chi connectivity index (χ1) is 7.84. The topological polar surface area (TPSA) is 58.2 Å². The molecule has 0 amide bonds. The number of hydrogen-bond acceptors (Lipinski definition) is 4. The SMILES string of the molecule is O=c1cc(OCCN2CCCCC2)cn[nH]1. The molecule has 0 aromatic carbocycles. The first-order valence-corrected chi connectivity index (χ1v) is 5.74. The Kier molecular flexibility index (Phi) is 3.93. The third-order valence-electron chi connectivity index (χ3n) is 2.76. The molecule has 0 saturated carbocycles. The average molecular weight is 223 g/mol. The van der Waals surface area contributed by atoms with Gasteiger partial charge in [-0.05, 0) is 25.9 Å². The molecule has 88 valence electrons. The van der Waals surface area contributed by atoms with Crippen molar-refractivity contribution in [2.24, 2.45) is 0 Å². The minimum atomic E-state index is -0.226. The second-order valence-electron chi connectivity index (χ2n) is 4.03. The van der Waals surface area contributed by atoms with E-state index in [4.69, 9.17) is 4.74 Å². The summed E-state index contributed by atoms with van der Waals surface area (Å²) in [6.07, 6.45) is 5.44. The molecule has 0 unspecified atom stereocenters. The third-order valence-corrected chi connectivity index (χ3v) is 2.76. The Labute approximate surface area is 94.4 Å². The monoisotopic (exact) mass is 223 g/mol. The number of hydrogen-bond donors (Lipinski definition) is 1. The summed E-state index contributed by atoms with van der Waals surface area (Å²) in [6.45, 7) is 3.87. The predicted octanol–water partition coefficient (Wildman–Crippen LogP) is 0.635. The van der Waals surface area contributed by atoms with E-state index in [0.29, 0.717) is 12.4 Å². The number of H-pyrrole nitrogens is 1. The molecule has 1 aromatic heterocycles. The largest absolute Gasteiger partial charge is 0.490 e. The molecule has 1 saturated heterocycles. The molecule has 0 spiro atoms. The van der Waals surface area contributed by atoms with Gasteiger partial charge in [-0.25, -0.2) is 5.10 Å². The lowest BCUT2D eigenvalue weighted by Gasteiger charge is -2.26. The summed E-state index contributed by atoms with van der Waals surface area (Å²) in [5.74, 6) is 0.542. The molecular formula is C11H17N3O2. The molecular weight excluding hydrogens is 206 g/mol. The van der Waals surface area contributed by atoms with E-state index in [-0.39, 0.29) is 5.56 Å². The van der Waals surface area contributed by atoms with Gasteiger partial charge in [-0.1, -0.05) is 6.42 Å². The lowest BCUT2D eigenvalue weighted by atomic mass is 10.1. The Bertz CT molecular complexity index is 371. The summed E-state index contributed by atoms with van der Waals surface area (Å²) in [6, 6.07) is 1.42. The first-order valence-electron chi connectivity index (χ1n) is 5.74. The number of piperidine rings is 1. The van der Waals surface area contributed by atoms with Gasteiger partial charge in [0.25, 0.3) is 5.56 Å². The van der Waals surface area contributed by atoms with Crippen LogP contribution in [0.1, 0.15) is 19.3 Å². The highest BCUT2D eigenvalue weighted by Crippen LogP contribution is 2.08. The maximum atomic E-state index is 10.9. The van der Waals surface area contributed by atoms with Crippen molar-refractivity contribution in [1.82, 2.24) is 15.1 Å². The zero-order valence-corrected chi connectivity index (χ0v) is 9.32. The van der Waals surface area contributed by atoms with Crippen molar-refractivity contribution in [2.45, 2.75) is 19.3 Å². The molecule has 2 rings (SSSR count). The van der Waals surface area contributed by atoms with E-state index in [1.54, 1.807) is 0 Å². The Balaban J connectivity index is 1.73. The number of aromatic nitrogens is 2. The van der Waals surface area contributed by atoms with E-state index in [1.165, 1.54) is 31.5 Å². The van der Waals surface area contributed by atoms with Crippen LogP contribution in [0.2, 0.25) is 0 Å². The van der Waals surface area contributed by atoms with Crippen molar-refractivity contribution in [1.29, 1.82) is 0 Å². The van der Waals surface area contributed by atoms with Crippen LogP contribution in [-0.4, -0.2) is 41.3 Å². The van der Waals surface area contributed by atoms with Gasteiger partial charge < -0.3 is 4.74 Å². The Morgan fingerprint density at radius 1 is 1.38 bits per heavy atom. The van der Waals surface area contributed by atoms with Gasteiger partial charge in [-0.3, -0.25) is 9.69 Å². The summed E-state index contributed by atoms with van der Waals surface area (Å²) in [4.78, 5) is 13.3. The van der Waals surface area contributed by atoms with E-state index in [1.807, 2.05) is 0 Å². The molecule has 0 radical (unpaired) electrons. The fraction of sp³-hybridized carbons (Fsp3) is 0.636. The Hall–Kier alpha value is -1.36. The average Bonchev–Trinajstić information content (AvgIpc) is 2.30. The molecule has 0 bridgehead atoms. The predicted molar refractivity (Wildman–Crippen MR) is 60.6 cm³/mol. The number of rotatable bonds is 4. The van der Waals surface area contributed by atoms with Crippen LogP contribution in [0.25, 0.3) is 0 Å². The van der Waals surface area contributed by atoms with E-state index in [2.05, 4.69) is 15.1 Å². The summed E-state index contributed by atoms with van der Waals surface area (Å²) >= 11 is 0. The molecule has 1 aliphatic heterocycles. The molecule has 2 heterocycles. The van der Waals surface area contributed by atoms with Gasteiger partial charge in [-0.2, -0.15) is 5.10 Å². The molecule has 16 heavy (non-hydrogen) atoms. The second kappa shape index (κ2) is 5.65. The van der Waals surface area contributed by atoms with E-state index < -0.39 is 0 Å². The van der Waals surface area contributed by atoms with Crippen molar-refractivity contribution >= 4 is 0 Å². The summed E-state index contributed by atoms with van der Waals surface area (Å²) in [5, 5.41) is 5.99. The van der Waals surface area contributed by atoms with Gasteiger partial charge in [-0.15, -0.1) is 0 Å². The van der Waals surface area contributed by atoms with Gasteiger partial charge >= 0.3 is 0 Å². The molecule has 1 aromatic rings. The number of nitrogens with one attached hydrogen (secondary N) is 1. The van der Waals surface area contributed by atoms with Crippen LogP contribution in [0, 0.1) is 0 Å². The maximum absolute atomic E-state index is 10.9. The minimum Gasteiger partial charge on any atom is -0.490 e. The Morgan fingerprint density at radius 3 is 2.94 bits per heavy atom. The number of aromatic amines is 1. The third kappa shape index (κ3) is 3.34. The zero-order chi connectivity index (χ0) is 11.2. The lowest BCUT2D eigenvalue weighted by molar-refractivity contribution is 0.183. The van der Waals surface area contributed by atoms with Gasteiger partial charge in [0.1, 0.15) is 12.4 Å². The zero-order valence-electron chi connectivity index (χ0n) is 9.32.